The Morgan fingerprint density at radius 3 is 2.80 bits per heavy atom. The molecule has 0 aliphatic carbocycles. The Bertz CT molecular complexity index is 582. The van der Waals surface area contributed by atoms with Gasteiger partial charge in [-0.05, 0) is 31.0 Å². The monoisotopic (exact) mass is 276 g/mol. The van der Waals surface area contributed by atoms with E-state index in [0.717, 1.165) is 17.0 Å². The average Bonchev–Trinajstić information content (AvgIpc) is 2.97. The molecule has 2 atom stereocenters. The number of benzene rings is 1. The third-order valence-corrected chi connectivity index (χ3v) is 3.67. The molecule has 0 bridgehead atoms. The van der Waals surface area contributed by atoms with Crippen LogP contribution in [0.1, 0.15) is 29.5 Å². The summed E-state index contributed by atoms with van der Waals surface area (Å²) in [5, 5.41) is 13.8. The van der Waals surface area contributed by atoms with Gasteiger partial charge in [0.05, 0.1) is 18.3 Å². The van der Waals surface area contributed by atoms with Crippen LogP contribution in [0.15, 0.2) is 34.9 Å². The molecule has 106 valence electrons. The van der Waals surface area contributed by atoms with Crippen LogP contribution in [0.25, 0.3) is 0 Å². The molecule has 3 rings (SSSR count). The van der Waals surface area contributed by atoms with Crippen LogP contribution < -0.4 is 0 Å². The highest BCUT2D eigenvalue weighted by molar-refractivity contribution is 5.22. The summed E-state index contributed by atoms with van der Waals surface area (Å²) in [6.45, 7) is 3.06. The number of halogens is 1. The van der Waals surface area contributed by atoms with Crippen molar-refractivity contribution in [1.82, 2.24) is 10.1 Å². The summed E-state index contributed by atoms with van der Waals surface area (Å²) in [6.07, 6.45) is 0.285. The lowest BCUT2D eigenvalue weighted by Crippen LogP contribution is -2.24. The van der Waals surface area contributed by atoms with Crippen molar-refractivity contribution in [2.24, 2.45) is 0 Å². The summed E-state index contributed by atoms with van der Waals surface area (Å²) in [6, 6.07) is 8.43. The molecule has 2 aromatic rings. The van der Waals surface area contributed by atoms with Crippen molar-refractivity contribution >= 4 is 0 Å². The number of hydrogen-bond acceptors (Lipinski definition) is 4. The molecule has 0 amide bonds. The van der Waals surface area contributed by atoms with Crippen LogP contribution in [-0.2, 0) is 6.54 Å². The van der Waals surface area contributed by atoms with Crippen molar-refractivity contribution in [1.29, 1.82) is 0 Å². The third-order valence-electron chi connectivity index (χ3n) is 3.67. The lowest BCUT2D eigenvalue weighted by Gasteiger charge is -2.23. The Kier molecular flexibility index (Phi) is 3.54. The standard InChI is InChI=1S/C15H17FN2O2/c1-10-6-14(20-17-10)9-18-8-13(19)7-15(18)11-2-4-12(16)5-3-11/h2-6,13,15,19H,7-9H2,1H3/t13-,15+/m0/s1. The second-order valence-electron chi connectivity index (χ2n) is 5.32. The quantitative estimate of drug-likeness (QED) is 0.935. The number of aryl methyl sites for hydroxylation is 1. The molecule has 1 N–H and O–H groups in total. The third kappa shape index (κ3) is 2.73. The fourth-order valence-electron chi connectivity index (χ4n) is 2.78. The maximum Gasteiger partial charge on any atom is 0.150 e. The molecular weight excluding hydrogens is 259 g/mol. The van der Waals surface area contributed by atoms with E-state index in [0.29, 0.717) is 19.5 Å². The van der Waals surface area contributed by atoms with Gasteiger partial charge in [-0.1, -0.05) is 17.3 Å². The van der Waals surface area contributed by atoms with Gasteiger partial charge in [-0.3, -0.25) is 4.90 Å². The van der Waals surface area contributed by atoms with Crippen LogP contribution in [-0.4, -0.2) is 27.8 Å². The molecule has 1 saturated heterocycles. The Morgan fingerprint density at radius 1 is 1.40 bits per heavy atom. The van der Waals surface area contributed by atoms with E-state index < -0.39 is 0 Å². The number of rotatable bonds is 3. The van der Waals surface area contributed by atoms with Crippen molar-refractivity contribution in [3.8, 4) is 0 Å². The fraction of sp³-hybridized carbons (Fsp3) is 0.400. The molecule has 1 aliphatic rings. The number of nitrogens with zero attached hydrogens (tertiary/aromatic N) is 2. The minimum absolute atomic E-state index is 0.0796. The summed E-state index contributed by atoms with van der Waals surface area (Å²) in [5.74, 6) is 0.536. The smallest absolute Gasteiger partial charge is 0.150 e. The summed E-state index contributed by atoms with van der Waals surface area (Å²) in [5.41, 5.74) is 1.86. The van der Waals surface area contributed by atoms with Crippen LogP contribution in [0.4, 0.5) is 4.39 Å². The highest BCUT2D eigenvalue weighted by Gasteiger charge is 2.32. The van der Waals surface area contributed by atoms with Gasteiger partial charge in [0.1, 0.15) is 5.82 Å². The van der Waals surface area contributed by atoms with E-state index in [1.807, 2.05) is 13.0 Å². The first-order valence-corrected chi connectivity index (χ1v) is 6.71. The molecule has 0 spiro atoms. The lowest BCUT2D eigenvalue weighted by atomic mass is 10.0. The summed E-state index contributed by atoms with van der Waals surface area (Å²) >= 11 is 0. The largest absolute Gasteiger partial charge is 0.392 e. The van der Waals surface area contributed by atoms with Crippen LogP contribution in [0.5, 0.6) is 0 Å². The molecule has 2 heterocycles. The van der Waals surface area contributed by atoms with E-state index in [2.05, 4.69) is 10.1 Å². The van der Waals surface area contributed by atoms with Crippen molar-refractivity contribution < 1.29 is 14.0 Å². The van der Waals surface area contributed by atoms with Gasteiger partial charge in [0.15, 0.2) is 5.76 Å². The molecule has 5 heteroatoms. The SMILES string of the molecule is Cc1cc(CN2C[C@@H](O)C[C@@H]2c2ccc(F)cc2)on1. The maximum atomic E-state index is 13.0. The van der Waals surface area contributed by atoms with Gasteiger partial charge in [-0.2, -0.15) is 0 Å². The Hall–Kier alpha value is -1.72. The first kappa shape index (κ1) is 13.3. The van der Waals surface area contributed by atoms with Gasteiger partial charge >= 0.3 is 0 Å². The first-order valence-electron chi connectivity index (χ1n) is 6.71. The van der Waals surface area contributed by atoms with Crippen LogP contribution in [0.3, 0.4) is 0 Å². The molecule has 0 unspecified atom stereocenters. The second-order valence-corrected chi connectivity index (χ2v) is 5.32. The fourth-order valence-corrected chi connectivity index (χ4v) is 2.78. The highest BCUT2D eigenvalue weighted by Crippen LogP contribution is 2.33. The van der Waals surface area contributed by atoms with Crippen LogP contribution in [0.2, 0.25) is 0 Å². The molecule has 1 aliphatic heterocycles. The van der Waals surface area contributed by atoms with Crippen LogP contribution in [0, 0.1) is 12.7 Å². The number of hydrogen-bond donors (Lipinski definition) is 1. The van der Waals surface area contributed by atoms with Crippen molar-refractivity contribution in [2.45, 2.75) is 32.0 Å². The number of β-amino-alcohol motifs (C(OH)–C–C–N with tert-alkyl or cyclic N) is 1. The van der Waals surface area contributed by atoms with E-state index in [-0.39, 0.29) is 18.0 Å². The van der Waals surface area contributed by atoms with Gasteiger partial charge < -0.3 is 9.63 Å². The first-order chi connectivity index (χ1) is 9.61. The zero-order chi connectivity index (χ0) is 14.1. The van der Waals surface area contributed by atoms with Gasteiger partial charge in [-0.25, -0.2) is 4.39 Å². The maximum absolute atomic E-state index is 13.0. The molecule has 1 aromatic heterocycles. The molecule has 4 nitrogen and oxygen atoms in total. The number of aromatic nitrogens is 1. The van der Waals surface area contributed by atoms with Gasteiger partial charge in [0.25, 0.3) is 0 Å². The lowest BCUT2D eigenvalue weighted by molar-refractivity contribution is 0.166. The molecule has 1 aromatic carbocycles. The summed E-state index contributed by atoms with van der Waals surface area (Å²) in [7, 11) is 0. The number of aliphatic hydroxyl groups excluding tert-OH is 1. The molecule has 20 heavy (non-hydrogen) atoms. The van der Waals surface area contributed by atoms with E-state index in [4.69, 9.17) is 4.52 Å². The zero-order valence-corrected chi connectivity index (χ0v) is 11.3. The topological polar surface area (TPSA) is 49.5 Å². The molecule has 0 radical (unpaired) electrons. The Balaban J connectivity index is 1.79. The van der Waals surface area contributed by atoms with Crippen LogP contribution >= 0.6 is 0 Å². The minimum Gasteiger partial charge on any atom is -0.392 e. The summed E-state index contributed by atoms with van der Waals surface area (Å²) < 4.78 is 18.2. The second kappa shape index (κ2) is 5.34. The Morgan fingerprint density at radius 2 is 2.15 bits per heavy atom. The van der Waals surface area contributed by atoms with Crippen molar-refractivity contribution in [2.75, 3.05) is 6.54 Å². The van der Waals surface area contributed by atoms with E-state index in [9.17, 15) is 9.50 Å². The molecular formula is C15H17FN2O2. The van der Waals surface area contributed by atoms with E-state index in [1.54, 1.807) is 12.1 Å². The average molecular weight is 276 g/mol. The minimum atomic E-state index is -0.367. The zero-order valence-electron chi connectivity index (χ0n) is 11.3. The van der Waals surface area contributed by atoms with Gasteiger partial charge in [0, 0.05) is 18.7 Å². The van der Waals surface area contributed by atoms with Gasteiger partial charge in [-0.15, -0.1) is 0 Å². The Labute approximate surface area is 116 Å². The molecule has 0 saturated carbocycles. The predicted molar refractivity (Wildman–Crippen MR) is 71.4 cm³/mol. The normalized spacial score (nSPS) is 23.4. The van der Waals surface area contributed by atoms with E-state index >= 15 is 0 Å². The predicted octanol–water partition coefficient (Wildman–Crippen LogP) is 2.43. The number of likely N-dealkylation sites (tertiary alicyclic amines) is 1. The summed E-state index contributed by atoms with van der Waals surface area (Å²) in [4.78, 5) is 2.14. The van der Waals surface area contributed by atoms with Crippen molar-refractivity contribution in [3.63, 3.8) is 0 Å². The van der Waals surface area contributed by atoms with E-state index in [1.165, 1.54) is 12.1 Å². The highest BCUT2D eigenvalue weighted by atomic mass is 19.1. The van der Waals surface area contributed by atoms with Gasteiger partial charge in [0.2, 0.25) is 0 Å². The molecule has 1 fully saturated rings. The number of aliphatic hydroxyl groups is 1. The van der Waals surface area contributed by atoms with Crippen molar-refractivity contribution in [3.05, 3.63) is 53.2 Å².